The molecule has 3 rings (SSSR count). The molecule has 0 amide bonds. The number of rotatable bonds is 4. The van der Waals surface area contributed by atoms with E-state index in [0.29, 0.717) is 17.0 Å². The Hall–Kier alpha value is -3.17. The highest BCUT2D eigenvalue weighted by molar-refractivity contribution is 5.71. The lowest BCUT2D eigenvalue weighted by Gasteiger charge is -2.19. The van der Waals surface area contributed by atoms with Crippen LogP contribution in [-0.2, 0) is 20.9 Å². The number of ether oxygens (including phenoxy) is 2. The highest BCUT2D eigenvalue weighted by Gasteiger charge is 2.17. The molecule has 0 fully saturated rings. The average molecular weight is 380 g/mol. The summed E-state index contributed by atoms with van der Waals surface area (Å²) in [6, 6.07) is 11.6. The third-order valence-corrected chi connectivity index (χ3v) is 3.65. The monoisotopic (exact) mass is 380 g/mol. The number of esters is 1. The first-order valence-corrected chi connectivity index (χ1v) is 8.85. The van der Waals surface area contributed by atoms with Gasteiger partial charge in [0.25, 0.3) is 0 Å². The zero-order valence-corrected chi connectivity index (χ0v) is 16.0. The second kappa shape index (κ2) is 8.24. The molecule has 0 bridgehead atoms. The summed E-state index contributed by atoms with van der Waals surface area (Å²) in [5.74, 6) is 5.35. The number of benzene rings is 1. The summed E-state index contributed by atoms with van der Waals surface area (Å²) in [5.41, 5.74) is 2.12. The number of halogens is 1. The van der Waals surface area contributed by atoms with Gasteiger partial charge in [-0.3, -0.25) is 4.40 Å². The summed E-state index contributed by atoms with van der Waals surface area (Å²) in [4.78, 5) is 16.3. The van der Waals surface area contributed by atoms with Gasteiger partial charge in [-0.25, -0.2) is 14.2 Å². The van der Waals surface area contributed by atoms with Crippen LogP contribution in [0.25, 0.3) is 5.65 Å². The van der Waals surface area contributed by atoms with Crippen molar-refractivity contribution in [1.82, 2.24) is 9.38 Å². The SMILES string of the molecule is CC(C)(C)OC(=O)COCc1nc2ccccn2c1C#Cc1ccc(F)cc1. The van der Waals surface area contributed by atoms with Gasteiger partial charge in [-0.1, -0.05) is 12.0 Å². The number of pyridine rings is 1. The van der Waals surface area contributed by atoms with Crippen molar-refractivity contribution in [1.29, 1.82) is 0 Å². The number of hydrogen-bond donors (Lipinski definition) is 0. The molecule has 0 spiro atoms. The molecule has 0 saturated carbocycles. The van der Waals surface area contributed by atoms with Gasteiger partial charge in [-0.2, -0.15) is 0 Å². The number of fused-ring (bicyclic) bond motifs is 1. The standard InChI is InChI=1S/C22H21FN2O3/c1-22(2,3)28-21(26)15-27-14-18-19(25-13-5-4-6-20(25)24-18)12-9-16-7-10-17(23)11-8-16/h4-8,10-11,13H,14-15H2,1-3H3. The minimum absolute atomic E-state index is 0.119. The van der Waals surface area contributed by atoms with E-state index in [1.54, 1.807) is 32.9 Å². The summed E-state index contributed by atoms with van der Waals surface area (Å²) in [7, 11) is 0. The van der Waals surface area contributed by atoms with E-state index in [9.17, 15) is 9.18 Å². The van der Waals surface area contributed by atoms with E-state index >= 15 is 0 Å². The van der Waals surface area contributed by atoms with Gasteiger partial charge >= 0.3 is 5.97 Å². The Morgan fingerprint density at radius 2 is 1.89 bits per heavy atom. The number of aromatic nitrogens is 2. The lowest BCUT2D eigenvalue weighted by molar-refractivity contribution is -0.160. The molecule has 0 aliphatic heterocycles. The molecule has 0 aliphatic carbocycles. The zero-order chi connectivity index (χ0) is 20.1. The molecular formula is C22H21FN2O3. The summed E-state index contributed by atoms with van der Waals surface area (Å²) >= 11 is 0. The topological polar surface area (TPSA) is 52.8 Å². The van der Waals surface area contributed by atoms with Gasteiger partial charge in [-0.15, -0.1) is 0 Å². The fourth-order valence-electron chi connectivity index (χ4n) is 2.54. The fraction of sp³-hybridized carbons (Fsp3) is 0.273. The Labute approximate surface area is 163 Å². The van der Waals surface area contributed by atoms with Crippen LogP contribution >= 0.6 is 0 Å². The molecule has 0 unspecified atom stereocenters. The molecule has 3 aromatic rings. The van der Waals surface area contributed by atoms with Crippen LogP contribution in [0.4, 0.5) is 4.39 Å². The van der Waals surface area contributed by atoms with Crippen molar-refractivity contribution >= 4 is 11.6 Å². The summed E-state index contributed by atoms with van der Waals surface area (Å²) < 4.78 is 25.6. The van der Waals surface area contributed by atoms with E-state index in [0.717, 1.165) is 5.65 Å². The van der Waals surface area contributed by atoms with Gasteiger partial charge in [0.1, 0.15) is 35.1 Å². The maximum absolute atomic E-state index is 13.1. The first kappa shape index (κ1) is 19.6. The molecule has 28 heavy (non-hydrogen) atoms. The Kier molecular flexibility index (Phi) is 5.76. The van der Waals surface area contributed by atoms with Gasteiger partial charge in [0.2, 0.25) is 0 Å². The average Bonchev–Trinajstić information content (AvgIpc) is 2.97. The Balaban J connectivity index is 1.80. The largest absolute Gasteiger partial charge is 0.458 e. The molecular weight excluding hydrogens is 359 g/mol. The highest BCUT2D eigenvalue weighted by Crippen LogP contribution is 2.14. The normalized spacial score (nSPS) is 11.1. The first-order chi connectivity index (χ1) is 13.3. The number of nitrogens with zero attached hydrogens (tertiary/aromatic N) is 2. The molecule has 6 heteroatoms. The number of imidazole rings is 1. The molecule has 2 aromatic heterocycles. The van der Waals surface area contributed by atoms with Gasteiger partial charge in [0.15, 0.2) is 0 Å². The van der Waals surface area contributed by atoms with Crippen molar-refractivity contribution in [3.63, 3.8) is 0 Å². The van der Waals surface area contributed by atoms with Gasteiger partial charge < -0.3 is 9.47 Å². The van der Waals surface area contributed by atoms with Crippen molar-refractivity contribution in [3.8, 4) is 11.8 Å². The van der Waals surface area contributed by atoms with Crippen molar-refractivity contribution in [2.24, 2.45) is 0 Å². The zero-order valence-electron chi connectivity index (χ0n) is 16.0. The van der Waals surface area contributed by atoms with Crippen LogP contribution in [0.2, 0.25) is 0 Å². The van der Waals surface area contributed by atoms with Crippen LogP contribution in [0.1, 0.15) is 37.7 Å². The van der Waals surface area contributed by atoms with Crippen molar-refractivity contribution in [3.05, 3.63) is 71.4 Å². The summed E-state index contributed by atoms with van der Waals surface area (Å²) in [5, 5.41) is 0. The Morgan fingerprint density at radius 1 is 1.14 bits per heavy atom. The van der Waals surface area contributed by atoms with Crippen molar-refractivity contribution in [2.45, 2.75) is 33.0 Å². The maximum atomic E-state index is 13.1. The molecule has 0 N–H and O–H groups in total. The van der Waals surface area contributed by atoms with E-state index in [1.807, 2.05) is 28.8 Å². The van der Waals surface area contributed by atoms with Crippen molar-refractivity contribution < 1.29 is 18.7 Å². The summed E-state index contributed by atoms with van der Waals surface area (Å²) in [6.07, 6.45) is 1.86. The second-order valence-corrected chi connectivity index (χ2v) is 7.17. The Bertz CT molecular complexity index is 1040. The van der Waals surface area contributed by atoms with Crippen LogP contribution in [0, 0.1) is 17.7 Å². The van der Waals surface area contributed by atoms with Crippen LogP contribution < -0.4 is 0 Å². The van der Waals surface area contributed by atoms with Crippen molar-refractivity contribution in [2.75, 3.05) is 6.61 Å². The molecule has 0 atom stereocenters. The Morgan fingerprint density at radius 3 is 2.61 bits per heavy atom. The van der Waals surface area contributed by atoms with Crippen LogP contribution in [0.3, 0.4) is 0 Å². The minimum Gasteiger partial charge on any atom is -0.458 e. The number of carbonyl (C=O) groups excluding carboxylic acids is 1. The lowest BCUT2D eigenvalue weighted by Crippen LogP contribution is -2.26. The van der Waals surface area contributed by atoms with E-state index in [4.69, 9.17) is 9.47 Å². The van der Waals surface area contributed by atoms with E-state index in [-0.39, 0.29) is 19.0 Å². The van der Waals surface area contributed by atoms with E-state index < -0.39 is 11.6 Å². The third-order valence-electron chi connectivity index (χ3n) is 3.65. The molecule has 2 heterocycles. The second-order valence-electron chi connectivity index (χ2n) is 7.17. The van der Waals surface area contributed by atoms with Crippen LogP contribution in [0.15, 0.2) is 48.7 Å². The van der Waals surface area contributed by atoms with Gasteiger partial charge in [-0.05, 0) is 63.1 Å². The van der Waals surface area contributed by atoms with E-state index in [1.165, 1.54) is 12.1 Å². The number of carbonyl (C=O) groups is 1. The first-order valence-electron chi connectivity index (χ1n) is 8.85. The molecule has 0 saturated heterocycles. The van der Waals surface area contributed by atoms with Gasteiger partial charge in [0, 0.05) is 11.8 Å². The smallest absolute Gasteiger partial charge is 0.332 e. The predicted molar refractivity (Wildman–Crippen MR) is 103 cm³/mol. The predicted octanol–water partition coefficient (Wildman–Crippen LogP) is 3.73. The molecule has 0 aliphatic rings. The molecule has 5 nitrogen and oxygen atoms in total. The fourth-order valence-corrected chi connectivity index (χ4v) is 2.54. The van der Waals surface area contributed by atoms with E-state index in [2.05, 4.69) is 16.8 Å². The minimum atomic E-state index is -0.560. The van der Waals surface area contributed by atoms with Crippen LogP contribution in [-0.4, -0.2) is 27.6 Å². The quantitative estimate of drug-likeness (QED) is 0.511. The number of hydrogen-bond acceptors (Lipinski definition) is 4. The summed E-state index contributed by atoms with van der Waals surface area (Å²) in [6.45, 7) is 5.35. The molecule has 1 aromatic carbocycles. The molecule has 0 radical (unpaired) electrons. The van der Waals surface area contributed by atoms with Crippen LogP contribution in [0.5, 0.6) is 0 Å². The maximum Gasteiger partial charge on any atom is 0.332 e. The third kappa shape index (κ3) is 5.18. The highest BCUT2D eigenvalue weighted by atomic mass is 19.1. The van der Waals surface area contributed by atoms with Gasteiger partial charge in [0.05, 0.1) is 6.61 Å². The lowest BCUT2D eigenvalue weighted by atomic mass is 10.2. The molecule has 144 valence electrons.